The molecule has 0 aliphatic rings. The second kappa shape index (κ2) is 9.69. The van der Waals surface area contributed by atoms with Crippen LogP contribution in [0.2, 0.25) is 0 Å². The Bertz CT molecular complexity index is 968. The van der Waals surface area contributed by atoms with E-state index >= 15 is 0 Å². The maximum atomic E-state index is 12.6. The quantitative estimate of drug-likeness (QED) is 0.551. The van der Waals surface area contributed by atoms with Gasteiger partial charge in [-0.3, -0.25) is 4.79 Å². The van der Waals surface area contributed by atoms with E-state index in [1.54, 1.807) is 12.1 Å². The summed E-state index contributed by atoms with van der Waals surface area (Å²) in [5.41, 5.74) is 3.75. The predicted octanol–water partition coefficient (Wildman–Crippen LogP) is 5.30. The van der Waals surface area contributed by atoms with Crippen molar-refractivity contribution in [1.82, 2.24) is 0 Å². The molecule has 0 bridgehead atoms. The lowest BCUT2D eigenvalue weighted by atomic mass is 9.97. The summed E-state index contributed by atoms with van der Waals surface area (Å²) < 4.78 is 0. The lowest BCUT2D eigenvalue weighted by molar-refractivity contribution is -0.116. The Hall–Kier alpha value is -3.40. The van der Waals surface area contributed by atoms with Gasteiger partial charge in [0.2, 0.25) is 5.91 Å². The number of carboxylic acid groups (broad SMARTS) is 1. The Morgan fingerprint density at radius 1 is 0.862 bits per heavy atom. The summed E-state index contributed by atoms with van der Waals surface area (Å²) >= 11 is 0. The van der Waals surface area contributed by atoms with Crippen molar-refractivity contribution in [1.29, 1.82) is 0 Å². The third-order valence-corrected chi connectivity index (χ3v) is 4.99. The first kappa shape index (κ1) is 20.3. The Balaban J connectivity index is 1.70. The molecule has 1 atom stereocenters. The van der Waals surface area contributed by atoms with Gasteiger partial charge in [-0.05, 0) is 47.6 Å². The largest absolute Gasteiger partial charge is 0.478 e. The van der Waals surface area contributed by atoms with Crippen molar-refractivity contribution in [3.63, 3.8) is 0 Å². The molecule has 0 saturated heterocycles. The average molecular weight is 387 g/mol. The van der Waals surface area contributed by atoms with Crippen LogP contribution in [0.3, 0.4) is 0 Å². The van der Waals surface area contributed by atoms with E-state index in [-0.39, 0.29) is 23.8 Å². The minimum Gasteiger partial charge on any atom is -0.478 e. The van der Waals surface area contributed by atoms with Gasteiger partial charge in [-0.1, -0.05) is 73.7 Å². The zero-order valence-corrected chi connectivity index (χ0v) is 16.5. The monoisotopic (exact) mass is 387 g/mol. The van der Waals surface area contributed by atoms with Crippen molar-refractivity contribution >= 4 is 17.6 Å². The normalized spacial score (nSPS) is 11.6. The third-order valence-electron chi connectivity index (χ3n) is 4.99. The van der Waals surface area contributed by atoms with E-state index in [1.807, 2.05) is 61.5 Å². The highest BCUT2D eigenvalue weighted by Gasteiger charge is 2.16. The number of aryl methyl sites for hydroxylation is 2. The Labute approximate surface area is 171 Å². The van der Waals surface area contributed by atoms with Gasteiger partial charge in [-0.2, -0.15) is 0 Å². The smallest absolute Gasteiger partial charge is 0.337 e. The van der Waals surface area contributed by atoms with Gasteiger partial charge < -0.3 is 10.4 Å². The number of hydrogen-bond acceptors (Lipinski definition) is 2. The number of aromatic carboxylic acids is 1. The number of carboxylic acids is 1. The summed E-state index contributed by atoms with van der Waals surface area (Å²) in [6.07, 6.45) is 1.91. The molecule has 0 aromatic heterocycles. The Morgan fingerprint density at radius 2 is 1.48 bits per heavy atom. The van der Waals surface area contributed by atoms with E-state index in [0.717, 1.165) is 24.0 Å². The molecule has 1 amide bonds. The molecule has 4 heteroatoms. The SMILES string of the molecule is CC(CC(=O)Nc1cc(CCc2ccccc2)ccc1C(=O)O)c1ccccc1. The number of carbonyl (C=O) groups is 2. The fraction of sp³-hybridized carbons (Fsp3) is 0.200. The summed E-state index contributed by atoms with van der Waals surface area (Å²) in [5, 5.41) is 12.3. The number of rotatable bonds is 8. The molecular weight excluding hydrogens is 362 g/mol. The van der Waals surface area contributed by atoms with Crippen molar-refractivity contribution in [2.75, 3.05) is 5.32 Å². The fourth-order valence-corrected chi connectivity index (χ4v) is 3.35. The molecule has 3 rings (SSSR count). The number of benzene rings is 3. The van der Waals surface area contributed by atoms with Crippen molar-refractivity contribution < 1.29 is 14.7 Å². The lowest BCUT2D eigenvalue weighted by Crippen LogP contribution is -2.17. The molecule has 0 aliphatic carbocycles. The molecule has 29 heavy (non-hydrogen) atoms. The van der Waals surface area contributed by atoms with Crippen LogP contribution in [0.15, 0.2) is 78.9 Å². The number of anilines is 1. The molecule has 0 heterocycles. The maximum Gasteiger partial charge on any atom is 0.337 e. The van der Waals surface area contributed by atoms with Crippen LogP contribution in [-0.4, -0.2) is 17.0 Å². The number of amides is 1. The molecule has 148 valence electrons. The third kappa shape index (κ3) is 5.79. The predicted molar refractivity (Wildman–Crippen MR) is 115 cm³/mol. The van der Waals surface area contributed by atoms with Gasteiger partial charge in [-0.15, -0.1) is 0 Å². The average Bonchev–Trinajstić information content (AvgIpc) is 2.73. The molecule has 0 fully saturated rings. The van der Waals surface area contributed by atoms with Gasteiger partial charge >= 0.3 is 5.97 Å². The van der Waals surface area contributed by atoms with Crippen LogP contribution < -0.4 is 5.32 Å². The van der Waals surface area contributed by atoms with Crippen LogP contribution in [0.1, 0.15) is 46.3 Å². The highest BCUT2D eigenvalue weighted by atomic mass is 16.4. The van der Waals surface area contributed by atoms with Crippen LogP contribution in [0.4, 0.5) is 5.69 Å². The molecule has 2 N–H and O–H groups in total. The second-order valence-corrected chi connectivity index (χ2v) is 7.23. The van der Waals surface area contributed by atoms with Gasteiger partial charge in [-0.25, -0.2) is 4.79 Å². The number of hydrogen-bond donors (Lipinski definition) is 2. The van der Waals surface area contributed by atoms with Crippen molar-refractivity contribution in [3.05, 3.63) is 101 Å². The van der Waals surface area contributed by atoms with Gasteiger partial charge in [0.15, 0.2) is 0 Å². The van der Waals surface area contributed by atoms with Crippen molar-refractivity contribution in [2.45, 2.75) is 32.1 Å². The molecule has 0 spiro atoms. The lowest BCUT2D eigenvalue weighted by Gasteiger charge is -2.14. The minimum atomic E-state index is -1.05. The zero-order chi connectivity index (χ0) is 20.6. The van der Waals surface area contributed by atoms with Gasteiger partial charge in [0.25, 0.3) is 0 Å². The van der Waals surface area contributed by atoms with Crippen molar-refractivity contribution in [2.24, 2.45) is 0 Å². The molecule has 0 saturated carbocycles. The first-order chi connectivity index (χ1) is 14.0. The summed E-state index contributed by atoms with van der Waals surface area (Å²) in [6, 6.07) is 25.1. The van der Waals surface area contributed by atoms with E-state index in [4.69, 9.17) is 0 Å². The molecule has 0 radical (unpaired) electrons. The number of nitrogens with one attached hydrogen (secondary N) is 1. The van der Waals surface area contributed by atoms with Crippen LogP contribution >= 0.6 is 0 Å². The van der Waals surface area contributed by atoms with Crippen LogP contribution in [0.25, 0.3) is 0 Å². The Kier molecular flexibility index (Phi) is 6.80. The van der Waals surface area contributed by atoms with E-state index in [0.29, 0.717) is 5.69 Å². The number of carbonyl (C=O) groups excluding carboxylic acids is 1. The van der Waals surface area contributed by atoms with Crippen LogP contribution in [-0.2, 0) is 17.6 Å². The first-order valence-corrected chi connectivity index (χ1v) is 9.78. The summed E-state index contributed by atoms with van der Waals surface area (Å²) in [7, 11) is 0. The highest BCUT2D eigenvalue weighted by Crippen LogP contribution is 2.23. The van der Waals surface area contributed by atoms with E-state index in [2.05, 4.69) is 17.4 Å². The molecule has 3 aromatic rings. The minimum absolute atomic E-state index is 0.0470. The van der Waals surface area contributed by atoms with Crippen LogP contribution in [0.5, 0.6) is 0 Å². The van der Waals surface area contributed by atoms with E-state index in [1.165, 1.54) is 5.56 Å². The van der Waals surface area contributed by atoms with Crippen LogP contribution in [0, 0.1) is 0 Å². The molecule has 0 aliphatic heterocycles. The van der Waals surface area contributed by atoms with E-state index < -0.39 is 5.97 Å². The molecule has 3 aromatic carbocycles. The highest BCUT2D eigenvalue weighted by molar-refractivity contribution is 6.00. The van der Waals surface area contributed by atoms with Crippen molar-refractivity contribution in [3.8, 4) is 0 Å². The Morgan fingerprint density at radius 3 is 2.14 bits per heavy atom. The summed E-state index contributed by atoms with van der Waals surface area (Å²) in [6.45, 7) is 1.99. The topological polar surface area (TPSA) is 66.4 Å². The summed E-state index contributed by atoms with van der Waals surface area (Å²) in [5.74, 6) is -1.19. The van der Waals surface area contributed by atoms with Gasteiger partial charge in [0.1, 0.15) is 0 Å². The zero-order valence-electron chi connectivity index (χ0n) is 16.5. The second-order valence-electron chi connectivity index (χ2n) is 7.23. The summed E-state index contributed by atoms with van der Waals surface area (Å²) in [4.78, 5) is 24.1. The van der Waals surface area contributed by atoms with Gasteiger partial charge in [0, 0.05) is 6.42 Å². The van der Waals surface area contributed by atoms with Gasteiger partial charge in [0.05, 0.1) is 11.3 Å². The fourth-order valence-electron chi connectivity index (χ4n) is 3.35. The first-order valence-electron chi connectivity index (χ1n) is 9.78. The molecular formula is C25H25NO3. The standard InChI is InChI=1S/C25H25NO3/c1-18(21-10-6-3-7-11-21)16-24(27)26-23-17-20(14-15-22(23)25(28)29)13-12-19-8-4-2-5-9-19/h2-11,14-15,17-18H,12-13,16H2,1H3,(H,26,27)(H,28,29). The maximum absolute atomic E-state index is 12.6. The van der Waals surface area contributed by atoms with E-state index in [9.17, 15) is 14.7 Å². The molecule has 1 unspecified atom stereocenters. The molecule has 4 nitrogen and oxygen atoms in total.